The van der Waals surface area contributed by atoms with Crippen molar-refractivity contribution >= 4 is 34.0 Å². The Kier molecular flexibility index (Phi) is 5.64. The van der Waals surface area contributed by atoms with Gasteiger partial charge in [0.05, 0.1) is 16.3 Å². The summed E-state index contributed by atoms with van der Waals surface area (Å²) >= 11 is 7.06. The van der Waals surface area contributed by atoms with Gasteiger partial charge in [-0.05, 0) is 24.1 Å². The van der Waals surface area contributed by atoms with Gasteiger partial charge in [-0.3, -0.25) is 10.1 Å². The van der Waals surface area contributed by atoms with Crippen molar-refractivity contribution < 1.29 is 13.6 Å². The molecule has 0 atom stereocenters. The Morgan fingerprint density at radius 3 is 2.58 bits per heavy atom. The van der Waals surface area contributed by atoms with E-state index in [-0.39, 0.29) is 10.6 Å². The summed E-state index contributed by atoms with van der Waals surface area (Å²) in [7, 11) is 0. The monoisotopic (exact) mass is 392 g/mol. The number of rotatable bonds is 5. The first-order valence-corrected chi connectivity index (χ1v) is 9.24. The minimum absolute atomic E-state index is 0.147. The second-order valence-corrected chi connectivity index (χ2v) is 6.95. The number of nitrogens with one attached hydrogen (secondary N) is 1. The van der Waals surface area contributed by atoms with Crippen LogP contribution >= 0.6 is 22.9 Å². The number of carbonyl (C=O) groups excluding carboxylic acids is 1. The molecule has 1 heterocycles. The largest absolute Gasteiger partial charge is 0.298 e. The van der Waals surface area contributed by atoms with Crippen LogP contribution in [0.5, 0.6) is 0 Å². The maximum Gasteiger partial charge on any atom is 0.259 e. The quantitative estimate of drug-likeness (QED) is 0.545. The van der Waals surface area contributed by atoms with Crippen LogP contribution < -0.4 is 5.32 Å². The van der Waals surface area contributed by atoms with Gasteiger partial charge < -0.3 is 0 Å². The third-order valence-electron chi connectivity index (χ3n) is 3.77. The molecule has 0 bridgehead atoms. The minimum Gasteiger partial charge on any atom is -0.298 e. The summed E-state index contributed by atoms with van der Waals surface area (Å²) in [5, 5.41) is 4.57. The zero-order chi connectivity index (χ0) is 18.7. The Bertz CT molecular complexity index is 941. The van der Waals surface area contributed by atoms with Crippen molar-refractivity contribution in [3.8, 4) is 11.3 Å². The summed E-state index contributed by atoms with van der Waals surface area (Å²) in [6, 6.07) is 9.62. The average molecular weight is 393 g/mol. The fourth-order valence-corrected chi connectivity index (χ4v) is 3.41. The molecule has 0 unspecified atom stereocenters. The molecule has 7 heteroatoms. The normalized spacial score (nSPS) is 10.8. The molecule has 1 N–H and O–H groups in total. The van der Waals surface area contributed by atoms with E-state index >= 15 is 0 Å². The molecule has 3 aromatic rings. The van der Waals surface area contributed by atoms with Crippen LogP contribution in [0.1, 0.15) is 29.3 Å². The highest BCUT2D eigenvalue weighted by Gasteiger charge is 2.16. The molecule has 0 spiro atoms. The molecule has 0 saturated carbocycles. The van der Waals surface area contributed by atoms with Crippen LogP contribution in [0.15, 0.2) is 41.8 Å². The lowest BCUT2D eigenvalue weighted by molar-refractivity contribution is 0.102. The van der Waals surface area contributed by atoms with Gasteiger partial charge in [-0.2, -0.15) is 0 Å². The lowest BCUT2D eigenvalue weighted by Gasteiger charge is -2.05. The van der Waals surface area contributed by atoms with Crippen molar-refractivity contribution in [1.82, 2.24) is 4.98 Å². The number of anilines is 1. The molecule has 0 aliphatic carbocycles. The topological polar surface area (TPSA) is 42.0 Å². The number of hydrogen-bond donors (Lipinski definition) is 1. The summed E-state index contributed by atoms with van der Waals surface area (Å²) in [4.78, 5) is 16.6. The molecular weight excluding hydrogens is 378 g/mol. The number of thiazole rings is 1. The first-order valence-electron chi connectivity index (χ1n) is 7.98. The smallest absolute Gasteiger partial charge is 0.259 e. The maximum atomic E-state index is 13.3. The third-order valence-corrected chi connectivity index (χ3v) is 4.84. The number of carbonyl (C=O) groups is 1. The lowest BCUT2D eigenvalue weighted by atomic mass is 10.1. The van der Waals surface area contributed by atoms with Gasteiger partial charge >= 0.3 is 0 Å². The van der Waals surface area contributed by atoms with E-state index < -0.39 is 17.5 Å². The van der Waals surface area contributed by atoms with Gasteiger partial charge in [0.2, 0.25) is 0 Å². The van der Waals surface area contributed by atoms with E-state index in [1.165, 1.54) is 16.9 Å². The van der Waals surface area contributed by atoms with Crippen molar-refractivity contribution in [2.24, 2.45) is 0 Å². The van der Waals surface area contributed by atoms with E-state index in [9.17, 15) is 13.6 Å². The zero-order valence-corrected chi connectivity index (χ0v) is 15.4. The summed E-state index contributed by atoms with van der Waals surface area (Å²) in [5.41, 5.74) is 2.77. The van der Waals surface area contributed by atoms with Gasteiger partial charge in [-0.1, -0.05) is 49.2 Å². The predicted molar refractivity (Wildman–Crippen MR) is 101 cm³/mol. The van der Waals surface area contributed by atoms with Crippen LogP contribution in [0, 0.1) is 11.6 Å². The Labute approximate surface area is 158 Å². The van der Waals surface area contributed by atoms with Gasteiger partial charge in [-0.25, -0.2) is 13.8 Å². The Hall–Kier alpha value is -2.31. The lowest BCUT2D eigenvalue weighted by Crippen LogP contribution is -2.13. The van der Waals surface area contributed by atoms with Gasteiger partial charge in [0.1, 0.15) is 0 Å². The summed E-state index contributed by atoms with van der Waals surface area (Å²) in [6.07, 6.45) is 2.10. The van der Waals surface area contributed by atoms with Crippen LogP contribution in [0.3, 0.4) is 0 Å². The molecule has 0 saturated heterocycles. The van der Waals surface area contributed by atoms with Crippen LogP contribution in [-0.4, -0.2) is 10.9 Å². The molecule has 1 aromatic heterocycles. The Balaban J connectivity index is 1.76. The van der Waals surface area contributed by atoms with Crippen LogP contribution in [0.25, 0.3) is 11.3 Å². The van der Waals surface area contributed by atoms with E-state index in [1.54, 1.807) is 0 Å². The van der Waals surface area contributed by atoms with Gasteiger partial charge in [0.25, 0.3) is 5.91 Å². The number of aryl methyl sites for hydroxylation is 1. The van der Waals surface area contributed by atoms with Crippen LogP contribution in [-0.2, 0) is 6.42 Å². The molecule has 0 aliphatic rings. The van der Waals surface area contributed by atoms with Crippen molar-refractivity contribution in [3.05, 3.63) is 69.6 Å². The Morgan fingerprint density at radius 2 is 1.88 bits per heavy atom. The van der Waals surface area contributed by atoms with Crippen molar-refractivity contribution in [1.29, 1.82) is 0 Å². The number of halogens is 3. The second kappa shape index (κ2) is 7.93. The van der Waals surface area contributed by atoms with E-state index in [0.717, 1.165) is 36.2 Å². The van der Waals surface area contributed by atoms with Gasteiger partial charge in [0.15, 0.2) is 16.8 Å². The number of nitrogens with zero attached hydrogens (tertiary/aromatic N) is 1. The molecule has 3 nitrogen and oxygen atoms in total. The molecule has 0 aliphatic heterocycles. The fourth-order valence-electron chi connectivity index (χ4n) is 2.46. The second-order valence-electron chi connectivity index (χ2n) is 5.69. The highest BCUT2D eigenvalue weighted by molar-refractivity contribution is 7.14. The molecular formula is C19H15ClF2N2OS. The number of hydrogen-bond acceptors (Lipinski definition) is 3. The Morgan fingerprint density at radius 1 is 1.19 bits per heavy atom. The molecule has 134 valence electrons. The zero-order valence-electron chi connectivity index (χ0n) is 13.9. The minimum atomic E-state index is -1.13. The highest BCUT2D eigenvalue weighted by atomic mass is 35.5. The van der Waals surface area contributed by atoms with Crippen molar-refractivity contribution in [2.75, 3.05) is 5.32 Å². The van der Waals surface area contributed by atoms with E-state index in [4.69, 9.17) is 11.6 Å². The molecule has 0 fully saturated rings. The first-order chi connectivity index (χ1) is 12.5. The first kappa shape index (κ1) is 18.5. The molecule has 2 aromatic carbocycles. The fraction of sp³-hybridized carbons (Fsp3) is 0.158. The van der Waals surface area contributed by atoms with Crippen LogP contribution in [0.2, 0.25) is 5.02 Å². The van der Waals surface area contributed by atoms with Gasteiger partial charge in [0, 0.05) is 10.9 Å². The number of aromatic nitrogens is 1. The van der Waals surface area contributed by atoms with Crippen molar-refractivity contribution in [3.63, 3.8) is 0 Å². The number of amides is 1. The van der Waals surface area contributed by atoms with E-state index in [1.807, 2.05) is 17.5 Å². The molecule has 3 rings (SSSR count). The molecule has 0 radical (unpaired) electrons. The van der Waals surface area contributed by atoms with E-state index in [2.05, 4.69) is 29.4 Å². The summed E-state index contributed by atoms with van der Waals surface area (Å²) < 4.78 is 26.5. The predicted octanol–water partition coefficient (Wildman–Crippen LogP) is 5.95. The summed E-state index contributed by atoms with van der Waals surface area (Å²) in [6.45, 7) is 2.13. The number of benzene rings is 2. The van der Waals surface area contributed by atoms with Gasteiger partial charge in [-0.15, -0.1) is 11.3 Å². The standard InChI is InChI=1S/C19H15ClF2N2OS/c1-2-3-11-4-6-12(7-5-11)17-10-26-19(23-17)24-18(25)13-8-15(21)16(22)9-14(13)20/h4-10H,2-3H2,1H3,(H,23,24,25). The molecule has 26 heavy (non-hydrogen) atoms. The van der Waals surface area contributed by atoms with Crippen LogP contribution in [0.4, 0.5) is 13.9 Å². The van der Waals surface area contributed by atoms with E-state index in [0.29, 0.717) is 5.13 Å². The maximum absolute atomic E-state index is 13.3. The average Bonchev–Trinajstić information content (AvgIpc) is 3.07. The van der Waals surface area contributed by atoms with Crippen molar-refractivity contribution in [2.45, 2.75) is 19.8 Å². The SMILES string of the molecule is CCCc1ccc(-c2csc(NC(=O)c3cc(F)c(F)cc3Cl)n2)cc1. The summed E-state index contributed by atoms with van der Waals surface area (Å²) in [5.74, 6) is -2.88. The third kappa shape index (κ3) is 4.08. The molecule has 1 amide bonds. The highest BCUT2D eigenvalue weighted by Crippen LogP contribution is 2.27.